The maximum absolute atomic E-state index is 8.81. The average Bonchev–Trinajstić information content (AvgIpc) is 2.02. The van der Waals surface area contributed by atoms with Crippen molar-refractivity contribution >= 4 is 7.66 Å². The van der Waals surface area contributed by atoms with E-state index in [9.17, 15) is 0 Å². The van der Waals surface area contributed by atoms with Gasteiger partial charge in [0.05, 0.1) is 6.61 Å². The number of nitrogens with two attached hydrogens (primary N) is 1. The Morgan fingerprint density at radius 2 is 2.00 bits per heavy atom. The van der Waals surface area contributed by atoms with E-state index < -0.39 is 7.66 Å². The second-order valence-electron chi connectivity index (χ2n) is 2.38. The molecule has 0 aromatic heterocycles. The quantitative estimate of drug-likeness (QED) is 0.628. The summed E-state index contributed by atoms with van der Waals surface area (Å²) < 4.78 is 4.73. The van der Waals surface area contributed by atoms with Crippen molar-refractivity contribution in [1.29, 1.82) is 5.16 Å². The highest BCUT2D eigenvalue weighted by molar-refractivity contribution is 7.51. The highest BCUT2D eigenvalue weighted by Crippen LogP contribution is 2.33. The third-order valence-electron chi connectivity index (χ3n) is 1.27. The summed E-state index contributed by atoms with van der Waals surface area (Å²) in [7, 11) is -3.33. The van der Waals surface area contributed by atoms with Crippen LogP contribution in [0.4, 0.5) is 0 Å². The van der Waals surface area contributed by atoms with Crippen LogP contribution in [0.3, 0.4) is 0 Å². The van der Waals surface area contributed by atoms with Crippen LogP contribution in [0, 0.1) is 5.16 Å². The molecule has 4 nitrogen and oxygen atoms in total. The van der Waals surface area contributed by atoms with Crippen LogP contribution in [-0.4, -0.2) is 4.89 Å². The van der Waals surface area contributed by atoms with Crippen LogP contribution in [0.25, 0.3) is 0 Å². The van der Waals surface area contributed by atoms with E-state index in [0.717, 1.165) is 5.56 Å². The van der Waals surface area contributed by atoms with Crippen molar-refractivity contribution in [2.75, 3.05) is 0 Å². The van der Waals surface area contributed by atoms with Gasteiger partial charge in [-0.2, -0.15) is 0 Å². The van der Waals surface area contributed by atoms with Gasteiger partial charge in [0.2, 0.25) is 0 Å². The molecule has 0 amide bonds. The van der Waals surface area contributed by atoms with Gasteiger partial charge in [0, 0.05) is 0 Å². The van der Waals surface area contributed by atoms with Crippen molar-refractivity contribution in [2.24, 2.45) is 5.50 Å². The molecule has 0 heterocycles. The largest absolute Gasteiger partial charge is 0.328 e. The van der Waals surface area contributed by atoms with Gasteiger partial charge in [-0.15, -0.1) is 0 Å². The highest BCUT2D eigenvalue weighted by atomic mass is 31.2. The third kappa shape index (κ3) is 3.64. The molecule has 1 unspecified atom stereocenters. The smallest absolute Gasteiger partial charge is 0.279 e. The Balaban J connectivity index is 2.50. The van der Waals surface area contributed by atoms with Crippen LogP contribution < -0.4 is 5.50 Å². The third-order valence-corrected chi connectivity index (χ3v) is 1.79. The van der Waals surface area contributed by atoms with Crippen molar-refractivity contribution in [3.63, 3.8) is 0 Å². The van der Waals surface area contributed by atoms with E-state index in [-0.39, 0.29) is 6.61 Å². The zero-order chi connectivity index (χ0) is 9.03. The highest BCUT2D eigenvalue weighted by Gasteiger charge is 2.04. The van der Waals surface area contributed by atoms with Gasteiger partial charge in [-0.25, -0.2) is 0 Å². The second kappa shape index (κ2) is 3.83. The molecule has 0 radical (unpaired) electrons. The normalized spacial score (nSPS) is 15.5. The van der Waals surface area contributed by atoms with E-state index >= 15 is 0 Å². The minimum absolute atomic E-state index is 0.186. The molecule has 5 heteroatoms. The standard InChI is InChI=1S/C7H11N2O2P/c8-12(9,10)11-6-7-4-2-1-3-5-7/h1-5H,6H2,(H4,8,9,10). The van der Waals surface area contributed by atoms with E-state index in [1.54, 1.807) is 0 Å². The van der Waals surface area contributed by atoms with Gasteiger partial charge in [0.1, 0.15) is 0 Å². The predicted octanol–water partition coefficient (Wildman–Crippen LogP) is 1.68. The van der Waals surface area contributed by atoms with Gasteiger partial charge >= 0.3 is 0 Å². The topological polar surface area (TPSA) is 79.3 Å². The summed E-state index contributed by atoms with van der Waals surface area (Å²) in [5, 5.41) is 6.90. The Hall–Kier alpha value is -0.670. The Morgan fingerprint density at radius 1 is 1.42 bits per heavy atom. The van der Waals surface area contributed by atoms with E-state index in [2.05, 4.69) is 0 Å². The first-order valence-electron chi connectivity index (χ1n) is 3.42. The summed E-state index contributed by atoms with van der Waals surface area (Å²) >= 11 is 0. The molecule has 1 atom stereocenters. The van der Waals surface area contributed by atoms with Gasteiger partial charge in [-0.3, -0.25) is 10.7 Å². The molecule has 1 aromatic rings. The molecule has 0 aliphatic carbocycles. The van der Waals surface area contributed by atoms with Gasteiger partial charge in [0.15, 0.2) is 0 Å². The molecule has 66 valence electrons. The summed E-state index contributed by atoms with van der Waals surface area (Å²) in [4.78, 5) is 8.81. The molecule has 4 N–H and O–H groups in total. The average molecular weight is 186 g/mol. The Bertz CT molecular complexity index is 283. The van der Waals surface area contributed by atoms with Crippen LogP contribution in [0.2, 0.25) is 0 Å². The molecule has 1 aromatic carbocycles. The molecule has 0 bridgehead atoms. The number of hydrogen-bond donors (Lipinski definition) is 3. The van der Waals surface area contributed by atoms with Crippen LogP contribution in [-0.2, 0) is 11.1 Å². The molecule has 0 aliphatic heterocycles. The number of rotatable bonds is 3. The second-order valence-corrected chi connectivity index (χ2v) is 3.89. The van der Waals surface area contributed by atoms with Gasteiger partial charge in [-0.05, 0) is 5.56 Å². The first-order chi connectivity index (χ1) is 5.58. The number of nitrogens with one attached hydrogen (secondary N) is 1. The fourth-order valence-corrected chi connectivity index (χ4v) is 1.09. The molecule has 0 saturated heterocycles. The lowest BCUT2D eigenvalue weighted by molar-refractivity contribution is 0.287. The summed E-state index contributed by atoms with van der Waals surface area (Å²) in [6, 6.07) is 9.28. The lowest BCUT2D eigenvalue weighted by Crippen LogP contribution is -1.97. The van der Waals surface area contributed by atoms with E-state index in [4.69, 9.17) is 20.1 Å². The summed E-state index contributed by atoms with van der Waals surface area (Å²) in [5.74, 6) is 0. The summed E-state index contributed by atoms with van der Waals surface area (Å²) in [6.07, 6.45) is 0. The number of hydrogen-bond acceptors (Lipinski definition) is 2. The summed E-state index contributed by atoms with van der Waals surface area (Å²) in [5.41, 5.74) is 5.89. The molecular weight excluding hydrogens is 175 g/mol. The lowest BCUT2D eigenvalue weighted by atomic mass is 10.2. The van der Waals surface area contributed by atoms with E-state index in [1.165, 1.54) is 0 Å². The predicted molar refractivity (Wildman–Crippen MR) is 47.3 cm³/mol. The lowest BCUT2D eigenvalue weighted by Gasteiger charge is -2.08. The Morgan fingerprint density at radius 3 is 2.50 bits per heavy atom. The first kappa shape index (κ1) is 9.42. The molecule has 0 fully saturated rings. The SMILES string of the molecule is N=P(N)(O)OCc1ccccc1. The molecule has 1 rings (SSSR count). The van der Waals surface area contributed by atoms with Gasteiger partial charge in [0.25, 0.3) is 7.66 Å². The van der Waals surface area contributed by atoms with E-state index in [0.29, 0.717) is 0 Å². The van der Waals surface area contributed by atoms with Crippen molar-refractivity contribution in [3.8, 4) is 0 Å². The fraction of sp³-hybridized carbons (Fsp3) is 0.143. The minimum Gasteiger partial charge on any atom is -0.328 e. The zero-order valence-electron chi connectivity index (χ0n) is 6.47. The maximum atomic E-state index is 8.81. The van der Waals surface area contributed by atoms with Gasteiger partial charge in [-0.1, -0.05) is 30.3 Å². The molecule has 12 heavy (non-hydrogen) atoms. The van der Waals surface area contributed by atoms with Gasteiger partial charge < -0.3 is 9.42 Å². The van der Waals surface area contributed by atoms with Crippen LogP contribution >= 0.6 is 7.66 Å². The van der Waals surface area contributed by atoms with Crippen molar-refractivity contribution in [1.82, 2.24) is 0 Å². The van der Waals surface area contributed by atoms with Crippen molar-refractivity contribution < 1.29 is 9.42 Å². The zero-order valence-corrected chi connectivity index (χ0v) is 7.37. The first-order valence-corrected chi connectivity index (χ1v) is 5.15. The monoisotopic (exact) mass is 186 g/mol. The van der Waals surface area contributed by atoms with Crippen LogP contribution in [0.5, 0.6) is 0 Å². The fourth-order valence-electron chi connectivity index (χ4n) is 0.747. The minimum atomic E-state index is -3.33. The Labute approximate surface area is 71.1 Å². The molecular formula is C7H11N2O2P. The van der Waals surface area contributed by atoms with Crippen molar-refractivity contribution in [2.45, 2.75) is 6.61 Å². The van der Waals surface area contributed by atoms with Crippen LogP contribution in [0.15, 0.2) is 30.3 Å². The summed E-state index contributed by atoms with van der Waals surface area (Å²) in [6.45, 7) is 0.186. The Kier molecular flexibility index (Phi) is 3.00. The molecule has 0 spiro atoms. The molecule has 0 saturated carbocycles. The molecule has 0 aliphatic rings. The van der Waals surface area contributed by atoms with Crippen LogP contribution in [0.1, 0.15) is 5.56 Å². The number of benzene rings is 1. The van der Waals surface area contributed by atoms with E-state index in [1.807, 2.05) is 30.3 Å². The maximum Gasteiger partial charge on any atom is 0.279 e. The van der Waals surface area contributed by atoms with Crippen molar-refractivity contribution in [3.05, 3.63) is 35.9 Å².